The first-order chi connectivity index (χ1) is 9.21. The van der Waals surface area contributed by atoms with Crippen LogP contribution in [0.15, 0.2) is 18.2 Å². The number of carbonyl (C=O) groups is 2. The number of aryl methyl sites for hydroxylation is 1. The van der Waals surface area contributed by atoms with Crippen molar-refractivity contribution in [3.8, 4) is 5.75 Å². The minimum Gasteiger partial charge on any atom is -0.492 e. The molecule has 5 nitrogen and oxygen atoms in total. The topological polar surface area (TPSA) is 75.6 Å². The Kier molecular flexibility index (Phi) is 4.95. The van der Waals surface area contributed by atoms with Gasteiger partial charge in [-0.25, -0.2) is 4.79 Å². The maximum absolute atomic E-state index is 11.9. The quantitative estimate of drug-likeness (QED) is 0.810. The molecule has 0 aliphatic heterocycles. The molecule has 0 fully saturated rings. The van der Waals surface area contributed by atoms with Crippen LogP contribution in [0.1, 0.15) is 15.9 Å². The van der Waals surface area contributed by atoms with Crippen molar-refractivity contribution < 1.29 is 32.6 Å². The third kappa shape index (κ3) is 4.45. The first-order valence-electron chi connectivity index (χ1n) is 5.53. The zero-order valence-corrected chi connectivity index (χ0v) is 10.5. The van der Waals surface area contributed by atoms with E-state index in [-0.39, 0.29) is 24.5 Å². The molecule has 0 heterocycles. The van der Waals surface area contributed by atoms with Crippen molar-refractivity contribution in [2.24, 2.45) is 0 Å². The maximum atomic E-state index is 11.9. The van der Waals surface area contributed by atoms with E-state index in [1.165, 1.54) is 18.2 Å². The summed E-state index contributed by atoms with van der Waals surface area (Å²) >= 11 is 0. The second-order valence-corrected chi connectivity index (χ2v) is 3.88. The summed E-state index contributed by atoms with van der Waals surface area (Å²) in [5, 5.41) is 10.5. The van der Waals surface area contributed by atoms with Crippen LogP contribution in [-0.4, -0.2) is 36.3 Å². The van der Waals surface area contributed by atoms with E-state index in [2.05, 4.69) is 0 Å². The Morgan fingerprint density at radius 2 is 2.00 bits per heavy atom. The van der Waals surface area contributed by atoms with Crippen LogP contribution in [0.3, 0.4) is 0 Å². The van der Waals surface area contributed by atoms with E-state index in [1.807, 2.05) is 0 Å². The average Bonchev–Trinajstić information content (AvgIpc) is 2.34. The lowest BCUT2D eigenvalue weighted by Gasteiger charge is -2.10. The van der Waals surface area contributed by atoms with Gasteiger partial charge in [-0.1, -0.05) is 6.07 Å². The number of carbonyl (C=O) groups excluding carboxylic acids is 1. The van der Waals surface area contributed by atoms with Crippen molar-refractivity contribution in [3.63, 3.8) is 0 Å². The molecule has 8 heteroatoms. The Bertz CT molecular complexity index is 514. The standard InChI is InChI=1S/C12H12F3NO4/c1-7-2-3-8(6-9(7)10(17)18)20-5-4-16-11(19)12(13,14)15/h2-3,6H,4-5H2,1H3,(H,16,19)(H,17,18). The summed E-state index contributed by atoms with van der Waals surface area (Å²) in [6.07, 6.45) is -4.93. The highest BCUT2D eigenvalue weighted by Gasteiger charge is 2.38. The number of benzene rings is 1. The maximum Gasteiger partial charge on any atom is 0.471 e. The van der Waals surface area contributed by atoms with E-state index in [1.54, 1.807) is 12.2 Å². The van der Waals surface area contributed by atoms with Crippen LogP contribution >= 0.6 is 0 Å². The van der Waals surface area contributed by atoms with Gasteiger partial charge >= 0.3 is 18.1 Å². The normalized spacial score (nSPS) is 11.0. The van der Waals surface area contributed by atoms with E-state index in [4.69, 9.17) is 9.84 Å². The minimum atomic E-state index is -4.93. The number of carboxylic acids is 1. The highest BCUT2D eigenvalue weighted by molar-refractivity contribution is 5.89. The fourth-order valence-electron chi connectivity index (χ4n) is 1.35. The highest BCUT2D eigenvalue weighted by atomic mass is 19.4. The molecule has 0 unspecified atom stereocenters. The molecule has 1 rings (SSSR count). The van der Waals surface area contributed by atoms with Crippen LogP contribution < -0.4 is 10.1 Å². The molecule has 1 amide bonds. The Hall–Kier alpha value is -2.25. The molecule has 20 heavy (non-hydrogen) atoms. The number of ether oxygens (including phenoxy) is 1. The summed E-state index contributed by atoms with van der Waals surface area (Å²) in [4.78, 5) is 21.4. The molecule has 2 N–H and O–H groups in total. The molecule has 0 spiro atoms. The number of nitrogens with one attached hydrogen (secondary N) is 1. The predicted molar refractivity (Wildman–Crippen MR) is 62.7 cm³/mol. The van der Waals surface area contributed by atoms with E-state index in [0.717, 1.165) is 0 Å². The van der Waals surface area contributed by atoms with Crippen molar-refractivity contribution in [2.45, 2.75) is 13.1 Å². The van der Waals surface area contributed by atoms with Gasteiger partial charge in [0.25, 0.3) is 0 Å². The number of alkyl halides is 3. The number of aromatic carboxylic acids is 1. The summed E-state index contributed by atoms with van der Waals surface area (Å²) in [5.41, 5.74) is 0.581. The van der Waals surface area contributed by atoms with Crippen molar-refractivity contribution in [1.29, 1.82) is 0 Å². The van der Waals surface area contributed by atoms with Crippen molar-refractivity contribution >= 4 is 11.9 Å². The second kappa shape index (κ2) is 6.27. The summed E-state index contributed by atoms with van der Waals surface area (Å²) in [6.45, 7) is 1.06. The van der Waals surface area contributed by atoms with Crippen LogP contribution in [0.5, 0.6) is 5.75 Å². The van der Waals surface area contributed by atoms with Gasteiger partial charge in [0.15, 0.2) is 0 Å². The summed E-state index contributed by atoms with van der Waals surface area (Å²) in [7, 11) is 0. The van der Waals surface area contributed by atoms with Gasteiger partial charge in [-0.3, -0.25) is 4.79 Å². The molecule has 0 saturated carbocycles. The number of halogens is 3. The summed E-state index contributed by atoms with van der Waals surface area (Å²) in [6, 6.07) is 4.28. The molecule has 0 aliphatic rings. The molecule has 0 aromatic heterocycles. The third-order valence-electron chi connectivity index (χ3n) is 2.35. The van der Waals surface area contributed by atoms with Crippen LogP contribution in [-0.2, 0) is 4.79 Å². The number of hydrogen-bond acceptors (Lipinski definition) is 3. The zero-order chi connectivity index (χ0) is 15.3. The lowest BCUT2D eigenvalue weighted by atomic mass is 10.1. The number of amides is 1. The molecular weight excluding hydrogens is 279 g/mol. The fourth-order valence-corrected chi connectivity index (χ4v) is 1.35. The number of rotatable bonds is 5. The summed E-state index contributed by atoms with van der Waals surface area (Å²) in [5.74, 6) is -2.97. The van der Waals surface area contributed by atoms with Crippen LogP contribution in [0.2, 0.25) is 0 Å². The number of carboxylic acid groups (broad SMARTS) is 1. The molecule has 1 aromatic rings. The second-order valence-electron chi connectivity index (χ2n) is 3.88. The Balaban J connectivity index is 2.49. The van der Waals surface area contributed by atoms with E-state index in [0.29, 0.717) is 5.56 Å². The van der Waals surface area contributed by atoms with Crippen molar-refractivity contribution in [3.05, 3.63) is 29.3 Å². The third-order valence-corrected chi connectivity index (χ3v) is 2.35. The highest BCUT2D eigenvalue weighted by Crippen LogP contribution is 2.17. The van der Waals surface area contributed by atoms with Gasteiger partial charge in [-0.05, 0) is 24.6 Å². The molecule has 1 aromatic carbocycles. The SMILES string of the molecule is Cc1ccc(OCCNC(=O)C(F)(F)F)cc1C(=O)O. The molecule has 0 radical (unpaired) electrons. The molecule has 0 bridgehead atoms. The molecule has 0 aliphatic carbocycles. The van der Waals surface area contributed by atoms with Crippen LogP contribution in [0.4, 0.5) is 13.2 Å². The van der Waals surface area contributed by atoms with Gasteiger partial charge in [-0.15, -0.1) is 0 Å². The van der Waals surface area contributed by atoms with Gasteiger partial charge in [0.2, 0.25) is 0 Å². The van der Waals surface area contributed by atoms with E-state index >= 15 is 0 Å². The van der Waals surface area contributed by atoms with Gasteiger partial charge < -0.3 is 15.2 Å². The molecule has 0 atom stereocenters. The Morgan fingerprint density at radius 3 is 2.55 bits per heavy atom. The first-order valence-corrected chi connectivity index (χ1v) is 5.53. The largest absolute Gasteiger partial charge is 0.492 e. The zero-order valence-electron chi connectivity index (χ0n) is 10.5. The monoisotopic (exact) mass is 291 g/mol. The van der Waals surface area contributed by atoms with Gasteiger partial charge in [-0.2, -0.15) is 13.2 Å². The Labute approximate surface area is 112 Å². The predicted octanol–water partition coefficient (Wildman–Crippen LogP) is 1.75. The number of hydrogen-bond donors (Lipinski definition) is 2. The fraction of sp³-hybridized carbons (Fsp3) is 0.333. The van der Waals surface area contributed by atoms with Crippen molar-refractivity contribution in [2.75, 3.05) is 13.2 Å². The van der Waals surface area contributed by atoms with Gasteiger partial charge in [0.05, 0.1) is 12.1 Å². The van der Waals surface area contributed by atoms with Crippen LogP contribution in [0, 0.1) is 6.92 Å². The Morgan fingerprint density at radius 1 is 1.35 bits per heavy atom. The average molecular weight is 291 g/mol. The molecule has 110 valence electrons. The summed E-state index contributed by atoms with van der Waals surface area (Å²) < 4.78 is 40.7. The molecule has 0 saturated heterocycles. The van der Waals surface area contributed by atoms with E-state index in [9.17, 15) is 22.8 Å². The molecular formula is C12H12F3NO4. The first kappa shape index (κ1) is 15.8. The lowest BCUT2D eigenvalue weighted by Crippen LogP contribution is -2.38. The van der Waals surface area contributed by atoms with Gasteiger partial charge in [0.1, 0.15) is 12.4 Å². The van der Waals surface area contributed by atoms with E-state index < -0.39 is 18.1 Å². The van der Waals surface area contributed by atoms with Crippen LogP contribution in [0.25, 0.3) is 0 Å². The van der Waals surface area contributed by atoms with Gasteiger partial charge in [0, 0.05) is 0 Å². The lowest BCUT2D eigenvalue weighted by molar-refractivity contribution is -0.173. The van der Waals surface area contributed by atoms with Crippen molar-refractivity contribution in [1.82, 2.24) is 5.32 Å². The smallest absolute Gasteiger partial charge is 0.471 e. The minimum absolute atomic E-state index is 0.0434.